The smallest absolute Gasteiger partial charge is 0.339 e. The average molecular weight is 353 g/mol. The molecule has 0 saturated carbocycles. The lowest BCUT2D eigenvalue weighted by Gasteiger charge is -2.27. The van der Waals surface area contributed by atoms with Crippen molar-refractivity contribution in [3.05, 3.63) is 71.0 Å². The van der Waals surface area contributed by atoms with Gasteiger partial charge in [-0.05, 0) is 24.6 Å². The molecule has 0 aromatic heterocycles. The average Bonchev–Trinajstić information content (AvgIpc) is 2.87. The lowest BCUT2D eigenvalue weighted by atomic mass is 9.96. The number of Topliss-reactive ketones (excluding diaryl/α,β-unsaturated/α-hetero) is 1. The third kappa shape index (κ3) is 2.69. The van der Waals surface area contributed by atoms with Crippen LogP contribution in [0.15, 0.2) is 59.9 Å². The van der Waals surface area contributed by atoms with Crippen molar-refractivity contribution in [3.63, 3.8) is 0 Å². The monoisotopic (exact) mass is 353 g/mol. The van der Waals surface area contributed by atoms with Gasteiger partial charge in [-0.2, -0.15) is 0 Å². The zero-order chi connectivity index (χ0) is 19.0. The normalized spacial score (nSPS) is 16.9. The van der Waals surface area contributed by atoms with Gasteiger partial charge in [-0.25, -0.2) is 4.79 Å². The Labute approximate surface area is 148 Å². The molecule has 1 heterocycles. The fraction of sp³-hybridized carbons (Fsp3) is 0.105. The SMILES string of the molecule is CC(=O)C1=C(O)C(=O)N(c2ccc(C(=O)O)c(O)c2)C1c1ccccc1. The van der Waals surface area contributed by atoms with E-state index in [0.29, 0.717) is 5.56 Å². The molecule has 1 aliphatic heterocycles. The topological polar surface area (TPSA) is 115 Å². The van der Waals surface area contributed by atoms with Crippen molar-refractivity contribution in [3.8, 4) is 5.75 Å². The number of carboxylic acids is 1. The number of carboxylic acid groups (broad SMARTS) is 1. The van der Waals surface area contributed by atoms with Crippen LogP contribution in [0.2, 0.25) is 0 Å². The highest BCUT2D eigenvalue weighted by atomic mass is 16.4. The fourth-order valence-corrected chi connectivity index (χ4v) is 3.03. The first kappa shape index (κ1) is 17.2. The predicted octanol–water partition coefficient (Wildman–Crippen LogP) is 2.58. The molecule has 0 radical (unpaired) electrons. The van der Waals surface area contributed by atoms with Crippen LogP contribution in [0.1, 0.15) is 28.9 Å². The van der Waals surface area contributed by atoms with Crippen LogP contribution in [-0.2, 0) is 9.59 Å². The molecular formula is C19H15NO6. The number of aromatic carboxylic acids is 1. The maximum atomic E-state index is 12.6. The molecule has 1 amide bonds. The molecular weight excluding hydrogens is 338 g/mol. The number of carbonyl (C=O) groups excluding carboxylic acids is 2. The first-order chi connectivity index (χ1) is 12.3. The highest BCUT2D eigenvalue weighted by Crippen LogP contribution is 2.41. The van der Waals surface area contributed by atoms with Gasteiger partial charge in [0.2, 0.25) is 0 Å². The number of ketones is 1. The summed E-state index contributed by atoms with van der Waals surface area (Å²) in [7, 11) is 0. The number of aromatic hydroxyl groups is 1. The molecule has 0 fully saturated rings. The van der Waals surface area contributed by atoms with E-state index in [-0.39, 0.29) is 16.8 Å². The first-order valence-electron chi connectivity index (χ1n) is 7.71. The Morgan fingerprint density at radius 3 is 2.23 bits per heavy atom. The van der Waals surface area contributed by atoms with E-state index in [9.17, 15) is 24.6 Å². The van der Waals surface area contributed by atoms with Crippen LogP contribution < -0.4 is 4.90 Å². The number of hydrogen-bond acceptors (Lipinski definition) is 5. The van der Waals surface area contributed by atoms with Crippen molar-refractivity contribution in [1.82, 2.24) is 0 Å². The lowest BCUT2D eigenvalue weighted by molar-refractivity contribution is -0.117. The van der Waals surface area contributed by atoms with Gasteiger partial charge in [0.1, 0.15) is 11.3 Å². The zero-order valence-electron chi connectivity index (χ0n) is 13.7. The van der Waals surface area contributed by atoms with Gasteiger partial charge in [-0.3, -0.25) is 14.5 Å². The summed E-state index contributed by atoms with van der Waals surface area (Å²) in [4.78, 5) is 36.9. The number of aliphatic hydroxyl groups is 1. The van der Waals surface area contributed by atoms with Gasteiger partial charge in [0.15, 0.2) is 11.5 Å². The minimum absolute atomic E-state index is 0.0528. The summed E-state index contributed by atoms with van der Waals surface area (Å²) in [5, 5.41) is 29.2. The van der Waals surface area contributed by atoms with Gasteiger partial charge in [-0.15, -0.1) is 0 Å². The van der Waals surface area contributed by atoms with Gasteiger partial charge in [-0.1, -0.05) is 30.3 Å². The highest BCUT2D eigenvalue weighted by Gasteiger charge is 2.43. The first-order valence-corrected chi connectivity index (χ1v) is 7.71. The molecule has 0 aliphatic carbocycles. The molecule has 26 heavy (non-hydrogen) atoms. The third-order valence-corrected chi connectivity index (χ3v) is 4.19. The number of carbonyl (C=O) groups is 3. The second kappa shape index (κ2) is 6.36. The molecule has 2 aromatic rings. The Morgan fingerprint density at radius 1 is 1.04 bits per heavy atom. The number of aliphatic hydroxyl groups excluding tert-OH is 1. The predicted molar refractivity (Wildman–Crippen MR) is 92.1 cm³/mol. The number of benzene rings is 2. The summed E-state index contributed by atoms with van der Waals surface area (Å²) in [5.41, 5.74) is 0.384. The quantitative estimate of drug-likeness (QED) is 0.778. The number of amides is 1. The van der Waals surface area contributed by atoms with Gasteiger partial charge < -0.3 is 15.3 Å². The van der Waals surface area contributed by atoms with Crippen molar-refractivity contribution in [2.75, 3.05) is 4.90 Å². The summed E-state index contributed by atoms with van der Waals surface area (Å²) in [5.74, 6) is -3.75. The Balaban J connectivity index is 2.17. The number of anilines is 1. The Hall–Kier alpha value is -3.61. The molecule has 0 spiro atoms. The Kier molecular flexibility index (Phi) is 4.21. The molecule has 2 aromatic carbocycles. The molecule has 1 aliphatic rings. The van der Waals surface area contributed by atoms with Crippen LogP contribution >= 0.6 is 0 Å². The second-order valence-corrected chi connectivity index (χ2v) is 5.81. The molecule has 7 heteroatoms. The van der Waals surface area contributed by atoms with Crippen LogP contribution in [0.3, 0.4) is 0 Å². The molecule has 3 N–H and O–H groups in total. The van der Waals surface area contributed by atoms with Gasteiger partial charge in [0, 0.05) is 11.8 Å². The summed E-state index contributed by atoms with van der Waals surface area (Å²) in [6.45, 7) is 1.25. The molecule has 0 bridgehead atoms. The van der Waals surface area contributed by atoms with Crippen molar-refractivity contribution >= 4 is 23.3 Å². The zero-order valence-corrected chi connectivity index (χ0v) is 13.7. The molecule has 1 unspecified atom stereocenters. The molecule has 1 atom stereocenters. The Morgan fingerprint density at radius 2 is 1.69 bits per heavy atom. The number of rotatable bonds is 4. The minimum Gasteiger partial charge on any atom is -0.507 e. The molecule has 7 nitrogen and oxygen atoms in total. The highest BCUT2D eigenvalue weighted by molar-refractivity contribution is 6.16. The molecule has 0 saturated heterocycles. The second-order valence-electron chi connectivity index (χ2n) is 5.81. The summed E-state index contributed by atoms with van der Waals surface area (Å²) >= 11 is 0. The van der Waals surface area contributed by atoms with E-state index in [2.05, 4.69) is 0 Å². The number of nitrogens with zero attached hydrogens (tertiary/aromatic N) is 1. The number of hydrogen-bond donors (Lipinski definition) is 3. The van der Waals surface area contributed by atoms with E-state index in [1.807, 2.05) is 0 Å². The van der Waals surface area contributed by atoms with Crippen LogP contribution in [-0.4, -0.2) is 33.0 Å². The van der Waals surface area contributed by atoms with E-state index < -0.39 is 35.2 Å². The van der Waals surface area contributed by atoms with Crippen LogP contribution in [0, 0.1) is 0 Å². The van der Waals surface area contributed by atoms with Crippen molar-refractivity contribution in [2.45, 2.75) is 13.0 Å². The Bertz CT molecular complexity index is 948. The standard InChI is InChI=1S/C19H15NO6/c1-10(21)15-16(11-5-3-2-4-6-11)20(18(24)17(15)23)12-7-8-13(19(25)26)14(22)9-12/h2-9,16,22-23H,1H3,(H,25,26). The van der Waals surface area contributed by atoms with Gasteiger partial charge >= 0.3 is 5.97 Å². The van der Waals surface area contributed by atoms with Crippen molar-refractivity contribution < 1.29 is 29.7 Å². The molecule has 3 rings (SSSR count). The van der Waals surface area contributed by atoms with E-state index in [1.54, 1.807) is 30.3 Å². The van der Waals surface area contributed by atoms with E-state index in [1.165, 1.54) is 13.0 Å². The van der Waals surface area contributed by atoms with Crippen molar-refractivity contribution in [2.24, 2.45) is 0 Å². The minimum atomic E-state index is -1.31. The molecule has 132 valence electrons. The van der Waals surface area contributed by atoms with Gasteiger partial charge in [0.25, 0.3) is 5.91 Å². The summed E-state index contributed by atoms with van der Waals surface area (Å²) in [6, 6.07) is 11.4. The van der Waals surface area contributed by atoms with E-state index >= 15 is 0 Å². The summed E-state index contributed by atoms with van der Waals surface area (Å²) < 4.78 is 0. The largest absolute Gasteiger partial charge is 0.507 e. The van der Waals surface area contributed by atoms with Crippen LogP contribution in [0.4, 0.5) is 5.69 Å². The summed E-state index contributed by atoms with van der Waals surface area (Å²) in [6.07, 6.45) is 0. The van der Waals surface area contributed by atoms with Gasteiger partial charge in [0.05, 0.1) is 11.6 Å². The van der Waals surface area contributed by atoms with Crippen molar-refractivity contribution in [1.29, 1.82) is 0 Å². The fourth-order valence-electron chi connectivity index (χ4n) is 3.03. The maximum Gasteiger partial charge on any atom is 0.339 e. The number of phenols is 1. The van der Waals surface area contributed by atoms with E-state index in [4.69, 9.17) is 5.11 Å². The lowest BCUT2D eigenvalue weighted by Crippen LogP contribution is -2.30. The third-order valence-electron chi connectivity index (χ3n) is 4.19. The van der Waals surface area contributed by atoms with Crippen LogP contribution in [0.5, 0.6) is 5.75 Å². The van der Waals surface area contributed by atoms with E-state index in [0.717, 1.165) is 17.0 Å². The maximum absolute atomic E-state index is 12.6. The van der Waals surface area contributed by atoms with Crippen LogP contribution in [0.25, 0.3) is 0 Å².